The lowest BCUT2D eigenvalue weighted by atomic mass is 9.83. The van der Waals surface area contributed by atoms with E-state index >= 15 is 0 Å². The van der Waals surface area contributed by atoms with Crippen LogP contribution in [0.15, 0.2) is 10.7 Å². The maximum atomic E-state index is 4.56. The highest BCUT2D eigenvalue weighted by Crippen LogP contribution is 2.31. The maximum Gasteiger partial charge on any atom is 0.224 e. The van der Waals surface area contributed by atoms with Crippen LogP contribution in [0.3, 0.4) is 0 Å². The molecule has 5 heteroatoms. The van der Waals surface area contributed by atoms with E-state index in [9.17, 15) is 0 Å². The van der Waals surface area contributed by atoms with Gasteiger partial charge in [-0.05, 0) is 48.0 Å². The molecule has 1 heterocycles. The van der Waals surface area contributed by atoms with E-state index in [-0.39, 0.29) is 0 Å². The topological polar surface area (TPSA) is 49.8 Å². The van der Waals surface area contributed by atoms with Crippen molar-refractivity contribution >= 4 is 27.7 Å². The van der Waals surface area contributed by atoms with E-state index in [1.54, 1.807) is 0 Å². The first kappa shape index (κ1) is 15.5. The summed E-state index contributed by atoms with van der Waals surface area (Å²) in [4.78, 5) is 8.83. The molecular weight excluding hydrogens is 316 g/mol. The summed E-state index contributed by atoms with van der Waals surface area (Å²) in [6.45, 7) is 5.14. The molecule has 0 aromatic carbocycles. The van der Waals surface area contributed by atoms with E-state index in [1.165, 1.54) is 32.1 Å². The predicted molar refractivity (Wildman–Crippen MR) is 88.2 cm³/mol. The van der Waals surface area contributed by atoms with Gasteiger partial charge in [-0.2, -0.15) is 4.98 Å². The number of aromatic nitrogens is 2. The van der Waals surface area contributed by atoms with E-state index in [4.69, 9.17) is 0 Å². The number of nitrogens with zero attached hydrogens (tertiary/aromatic N) is 2. The number of hydrogen-bond donors (Lipinski definition) is 2. The van der Waals surface area contributed by atoms with Gasteiger partial charge in [-0.15, -0.1) is 0 Å². The summed E-state index contributed by atoms with van der Waals surface area (Å²) in [5.41, 5.74) is 0. The van der Waals surface area contributed by atoms with Crippen LogP contribution < -0.4 is 10.6 Å². The largest absolute Gasteiger partial charge is 0.366 e. The minimum absolute atomic E-state index is 0.510. The number of anilines is 2. The van der Waals surface area contributed by atoms with Gasteiger partial charge < -0.3 is 10.6 Å². The van der Waals surface area contributed by atoms with Crippen molar-refractivity contribution in [2.45, 2.75) is 58.4 Å². The molecule has 1 aliphatic carbocycles. The Morgan fingerprint density at radius 1 is 1.30 bits per heavy atom. The lowest BCUT2D eigenvalue weighted by Gasteiger charge is -2.30. The summed E-state index contributed by atoms with van der Waals surface area (Å²) >= 11 is 3.55. The Bertz CT molecular complexity index is 418. The second-order valence-electron chi connectivity index (χ2n) is 5.48. The molecular formula is C15H25BrN4. The molecule has 20 heavy (non-hydrogen) atoms. The Morgan fingerprint density at radius 3 is 2.70 bits per heavy atom. The quantitative estimate of drug-likeness (QED) is 0.803. The Kier molecular flexibility index (Phi) is 6.07. The minimum atomic E-state index is 0.510. The van der Waals surface area contributed by atoms with Crippen molar-refractivity contribution in [3.8, 4) is 0 Å². The van der Waals surface area contributed by atoms with E-state index < -0.39 is 0 Å². The first-order valence-electron chi connectivity index (χ1n) is 7.77. The molecule has 112 valence electrons. The number of nitrogens with one attached hydrogen (secondary N) is 2. The molecule has 0 amide bonds. The third-order valence-corrected chi connectivity index (χ3v) is 4.64. The summed E-state index contributed by atoms with van der Waals surface area (Å²) in [5, 5.41) is 6.79. The van der Waals surface area contributed by atoms with Crippen molar-refractivity contribution in [3.05, 3.63) is 10.7 Å². The zero-order valence-corrected chi connectivity index (χ0v) is 14.0. The Labute approximate surface area is 130 Å². The van der Waals surface area contributed by atoms with Gasteiger partial charge in [-0.25, -0.2) is 4.98 Å². The molecule has 2 N–H and O–H groups in total. The second-order valence-corrected chi connectivity index (χ2v) is 6.33. The van der Waals surface area contributed by atoms with Crippen LogP contribution in [0.1, 0.15) is 52.4 Å². The fourth-order valence-corrected chi connectivity index (χ4v) is 3.28. The second kappa shape index (κ2) is 7.81. The molecule has 1 fully saturated rings. The summed E-state index contributed by atoms with van der Waals surface area (Å²) in [6.07, 6.45) is 9.78. The molecule has 0 spiro atoms. The molecule has 1 unspecified atom stereocenters. The van der Waals surface area contributed by atoms with Crippen molar-refractivity contribution in [2.24, 2.45) is 5.92 Å². The zero-order chi connectivity index (χ0) is 14.4. The predicted octanol–water partition coefficient (Wildman–Crippen LogP) is 4.44. The monoisotopic (exact) mass is 340 g/mol. The Balaban J connectivity index is 2.07. The SMILES string of the molecule is CCNc1ncc(Br)c(NC(CC)C2CCCCC2)n1. The minimum Gasteiger partial charge on any atom is -0.366 e. The van der Waals surface area contributed by atoms with Gasteiger partial charge in [0.1, 0.15) is 5.82 Å². The van der Waals surface area contributed by atoms with E-state index in [2.05, 4.69) is 50.4 Å². The fourth-order valence-electron chi connectivity index (χ4n) is 2.98. The van der Waals surface area contributed by atoms with E-state index in [0.29, 0.717) is 12.0 Å². The van der Waals surface area contributed by atoms with Gasteiger partial charge in [0.2, 0.25) is 5.95 Å². The van der Waals surface area contributed by atoms with Gasteiger partial charge in [-0.1, -0.05) is 26.2 Å². The van der Waals surface area contributed by atoms with Crippen LogP contribution in [0.5, 0.6) is 0 Å². The standard InChI is InChI=1S/C15H25BrN4/c1-3-13(11-8-6-5-7-9-11)19-14-12(16)10-18-15(20-14)17-4-2/h10-11,13H,3-9H2,1-2H3,(H2,17,18,19,20). The molecule has 0 radical (unpaired) electrons. The van der Waals surface area contributed by atoms with Crippen LogP contribution >= 0.6 is 15.9 Å². The normalized spacial score (nSPS) is 17.8. The molecule has 1 aliphatic rings. The van der Waals surface area contributed by atoms with Gasteiger partial charge >= 0.3 is 0 Å². The average molecular weight is 341 g/mol. The zero-order valence-electron chi connectivity index (χ0n) is 12.5. The van der Waals surface area contributed by atoms with Gasteiger partial charge in [-0.3, -0.25) is 0 Å². The van der Waals surface area contributed by atoms with Gasteiger partial charge in [0.25, 0.3) is 0 Å². The molecule has 2 rings (SSSR count). The molecule has 1 saturated carbocycles. The smallest absolute Gasteiger partial charge is 0.224 e. The molecule has 1 aromatic heterocycles. The van der Waals surface area contributed by atoms with Crippen LogP contribution in [0.2, 0.25) is 0 Å². The van der Waals surface area contributed by atoms with Gasteiger partial charge in [0.05, 0.1) is 4.47 Å². The molecule has 0 aliphatic heterocycles. The van der Waals surface area contributed by atoms with Crippen LogP contribution in [0, 0.1) is 5.92 Å². The third-order valence-electron chi connectivity index (χ3n) is 4.06. The van der Waals surface area contributed by atoms with Crippen molar-refractivity contribution in [2.75, 3.05) is 17.2 Å². The van der Waals surface area contributed by atoms with E-state index in [0.717, 1.165) is 29.2 Å². The summed E-state index contributed by atoms with van der Waals surface area (Å²) < 4.78 is 0.938. The Morgan fingerprint density at radius 2 is 2.05 bits per heavy atom. The highest BCUT2D eigenvalue weighted by molar-refractivity contribution is 9.10. The van der Waals surface area contributed by atoms with Crippen LogP contribution in [-0.2, 0) is 0 Å². The number of hydrogen-bond acceptors (Lipinski definition) is 4. The highest BCUT2D eigenvalue weighted by atomic mass is 79.9. The molecule has 4 nitrogen and oxygen atoms in total. The first-order chi connectivity index (χ1) is 9.74. The maximum absolute atomic E-state index is 4.56. The molecule has 0 saturated heterocycles. The molecule has 1 atom stereocenters. The van der Waals surface area contributed by atoms with Crippen LogP contribution in [0.4, 0.5) is 11.8 Å². The van der Waals surface area contributed by atoms with Crippen molar-refractivity contribution in [3.63, 3.8) is 0 Å². The van der Waals surface area contributed by atoms with Crippen molar-refractivity contribution in [1.82, 2.24) is 9.97 Å². The van der Waals surface area contributed by atoms with Crippen molar-refractivity contribution < 1.29 is 0 Å². The molecule has 0 bridgehead atoms. The van der Waals surface area contributed by atoms with Crippen LogP contribution in [0.25, 0.3) is 0 Å². The lowest BCUT2D eigenvalue weighted by Crippen LogP contribution is -2.30. The Hall–Kier alpha value is -0.840. The third kappa shape index (κ3) is 4.08. The summed E-state index contributed by atoms with van der Waals surface area (Å²) in [7, 11) is 0. The first-order valence-corrected chi connectivity index (χ1v) is 8.56. The summed E-state index contributed by atoms with van der Waals surface area (Å²) in [5.74, 6) is 2.38. The van der Waals surface area contributed by atoms with E-state index in [1.807, 2.05) is 6.20 Å². The fraction of sp³-hybridized carbons (Fsp3) is 0.733. The van der Waals surface area contributed by atoms with Gasteiger partial charge in [0.15, 0.2) is 0 Å². The highest BCUT2D eigenvalue weighted by Gasteiger charge is 2.23. The number of halogens is 1. The molecule has 1 aromatic rings. The lowest BCUT2D eigenvalue weighted by molar-refractivity contribution is 0.312. The van der Waals surface area contributed by atoms with Crippen LogP contribution in [-0.4, -0.2) is 22.6 Å². The summed E-state index contributed by atoms with van der Waals surface area (Å²) in [6, 6.07) is 0.510. The van der Waals surface area contributed by atoms with Crippen molar-refractivity contribution in [1.29, 1.82) is 0 Å². The van der Waals surface area contributed by atoms with Gasteiger partial charge in [0, 0.05) is 18.8 Å². The average Bonchev–Trinajstić information content (AvgIpc) is 2.49. The number of rotatable bonds is 6.